The first kappa shape index (κ1) is 15.0. The molecular weight excluding hydrogens is 254 g/mol. The van der Waals surface area contributed by atoms with Gasteiger partial charge < -0.3 is 15.0 Å². The van der Waals surface area contributed by atoms with E-state index in [1.807, 2.05) is 10.8 Å². The van der Waals surface area contributed by atoms with Crippen LogP contribution in [0.3, 0.4) is 0 Å². The number of aliphatic hydroxyl groups excluding tert-OH is 1. The number of aromatic nitrogens is 2. The fourth-order valence-corrected chi connectivity index (χ4v) is 2.93. The molecule has 0 spiro atoms. The van der Waals surface area contributed by atoms with Gasteiger partial charge in [-0.25, -0.2) is 4.98 Å². The van der Waals surface area contributed by atoms with E-state index in [9.17, 15) is 9.90 Å². The van der Waals surface area contributed by atoms with Crippen LogP contribution in [0.2, 0.25) is 0 Å². The highest BCUT2D eigenvalue weighted by molar-refractivity contribution is 5.76. The highest BCUT2D eigenvalue weighted by atomic mass is 16.3. The van der Waals surface area contributed by atoms with Gasteiger partial charge in [0, 0.05) is 24.9 Å². The van der Waals surface area contributed by atoms with Crippen LogP contribution in [0.15, 0.2) is 18.7 Å². The summed E-state index contributed by atoms with van der Waals surface area (Å²) in [7, 11) is 0. The van der Waals surface area contributed by atoms with Gasteiger partial charge in [0.2, 0.25) is 5.91 Å². The minimum atomic E-state index is -0.384. The summed E-state index contributed by atoms with van der Waals surface area (Å²) in [6.45, 7) is 2.12. The normalized spacial score (nSPS) is 24.3. The molecule has 1 aliphatic rings. The summed E-state index contributed by atoms with van der Waals surface area (Å²) < 4.78 is 2.00. The molecule has 2 rings (SSSR count). The molecule has 1 aromatic heterocycles. The van der Waals surface area contributed by atoms with E-state index in [1.54, 1.807) is 12.5 Å². The van der Waals surface area contributed by atoms with Crippen molar-refractivity contribution in [1.29, 1.82) is 0 Å². The third-order valence-electron chi connectivity index (χ3n) is 4.07. The number of hydrogen-bond donors (Lipinski definition) is 2. The van der Waals surface area contributed by atoms with Crippen molar-refractivity contribution in [3.8, 4) is 0 Å². The molecule has 0 aliphatic heterocycles. The summed E-state index contributed by atoms with van der Waals surface area (Å²) >= 11 is 0. The third-order valence-corrected chi connectivity index (χ3v) is 4.07. The Morgan fingerprint density at radius 3 is 2.95 bits per heavy atom. The molecule has 5 heteroatoms. The number of imidazole rings is 1. The van der Waals surface area contributed by atoms with Crippen LogP contribution >= 0.6 is 0 Å². The maximum Gasteiger partial charge on any atom is 0.222 e. The molecule has 3 atom stereocenters. The number of amides is 1. The second-order valence-corrected chi connectivity index (χ2v) is 5.68. The molecular formula is C15H25N3O2. The molecule has 1 fully saturated rings. The van der Waals surface area contributed by atoms with E-state index in [2.05, 4.69) is 17.2 Å². The quantitative estimate of drug-likeness (QED) is 0.837. The predicted octanol–water partition coefficient (Wildman–Crippen LogP) is 2.03. The number of carbonyl (C=O) groups excluding carboxylic acids is 1. The van der Waals surface area contributed by atoms with Crippen LogP contribution < -0.4 is 5.32 Å². The van der Waals surface area contributed by atoms with Gasteiger partial charge in [-0.3, -0.25) is 4.79 Å². The van der Waals surface area contributed by atoms with Crippen LogP contribution in [0.4, 0.5) is 0 Å². The zero-order valence-corrected chi connectivity index (χ0v) is 12.2. The molecule has 1 amide bonds. The van der Waals surface area contributed by atoms with E-state index in [0.29, 0.717) is 6.42 Å². The smallest absolute Gasteiger partial charge is 0.222 e. The summed E-state index contributed by atoms with van der Waals surface area (Å²) in [5, 5.41) is 12.9. The molecule has 20 heavy (non-hydrogen) atoms. The molecule has 3 unspecified atom stereocenters. The van der Waals surface area contributed by atoms with E-state index in [0.717, 1.165) is 38.5 Å². The zero-order valence-electron chi connectivity index (χ0n) is 12.2. The van der Waals surface area contributed by atoms with Gasteiger partial charge in [0.1, 0.15) is 0 Å². The maximum absolute atomic E-state index is 12.2. The van der Waals surface area contributed by atoms with Gasteiger partial charge in [-0.15, -0.1) is 0 Å². The largest absolute Gasteiger partial charge is 0.391 e. The van der Waals surface area contributed by atoms with Crippen LogP contribution in [0.25, 0.3) is 0 Å². The summed E-state index contributed by atoms with van der Waals surface area (Å²) in [6.07, 6.45) is 11.3. The average molecular weight is 279 g/mol. The monoisotopic (exact) mass is 279 g/mol. The van der Waals surface area contributed by atoms with E-state index in [-0.39, 0.29) is 24.1 Å². The zero-order chi connectivity index (χ0) is 14.4. The van der Waals surface area contributed by atoms with Crippen molar-refractivity contribution in [3.05, 3.63) is 18.7 Å². The van der Waals surface area contributed by atoms with Crippen molar-refractivity contribution in [2.75, 3.05) is 0 Å². The van der Waals surface area contributed by atoms with Crippen LogP contribution in [0, 0.1) is 0 Å². The number of nitrogens with one attached hydrogen (secondary N) is 1. The fraction of sp³-hybridized carbons (Fsp3) is 0.733. The molecule has 1 saturated carbocycles. The van der Waals surface area contributed by atoms with E-state index < -0.39 is 0 Å². The van der Waals surface area contributed by atoms with Crippen molar-refractivity contribution in [2.24, 2.45) is 0 Å². The molecule has 0 bridgehead atoms. The predicted molar refractivity (Wildman–Crippen MR) is 77.2 cm³/mol. The summed E-state index contributed by atoms with van der Waals surface area (Å²) in [6, 6.07) is 0.0875. The number of hydrogen-bond acceptors (Lipinski definition) is 3. The maximum atomic E-state index is 12.2. The Bertz CT molecular complexity index is 405. The SMILES string of the molecule is CCCC(CC(=O)NC1CCCCC1O)n1ccnc1. The van der Waals surface area contributed by atoms with Crippen molar-refractivity contribution < 1.29 is 9.90 Å². The number of rotatable bonds is 6. The lowest BCUT2D eigenvalue weighted by Gasteiger charge is -2.29. The summed E-state index contributed by atoms with van der Waals surface area (Å²) in [5.41, 5.74) is 0. The van der Waals surface area contributed by atoms with E-state index in [4.69, 9.17) is 0 Å². The summed E-state index contributed by atoms with van der Waals surface area (Å²) in [4.78, 5) is 16.2. The number of aliphatic hydroxyl groups is 1. The van der Waals surface area contributed by atoms with Gasteiger partial charge in [0.25, 0.3) is 0 Å². The van der Waals surface area contributed by atoms with Crippen LogP contribution in [-0.4, -0.2) is 32.7 Å². The van der Waals surface area contributed by atoms with Gasteiger partial charge >= 0.3 is 0 Å². The Morgan fingerprint density at radius 1 is 1.50 bits per heavy atom. The molecule has 1 aliphatic carbocycles. The first-order valence-electron chi connectivity index (χ1n) is 7.65. The minimum absolute atomic E-state index is 0.0306. The molecule has 1 aromatic rings. The Hall–Kier alpha value is -1.36. The summed E-state index contributed by atoms with van der Waals surface area (Å²) in [5.74, 6) is 0.0306. The van der Waals surface area contributed by atoms with Gasteiger partial charge in [-0.05, 0) is 19.3 Å². The molecule has 5 nitrogen and oxygen atoms in total. The van der Waals surface area contributed by atoms with E-state index in [1.165, 1.54) is 0 Å². The second kappa shape index (κ2) is 7.43. The molecule has 2 N–H and O–H groups in total. The minimum Gasteiger partial charge on any atom is -0.391 e. The van der Waals surface area contributed by atoms with Gasteiger partial charge in [0.05, 0.1) is 18.5 Å². The fourth-order valence-electron chi connectivity index (χ4n) is 2.93. The van der Waals surface area contributed by atoms with Crippen molar-refractivity contribution in [3.63, 3.8) is 0 Å². The van der Waals surface area contributed by atoms with Gasteiger partial charge in [-0.2, -0.15) is 0 Å². The third kappa shape index (κ3) is 4.07. The van der Waals surface area contributed by atoms with Crippen LogP contribution in [0.1, 0.15) is 57.9 Å². The molecule has 0 aromatic carbocycles. The molecule has 0 radical (unpaired) electrons. The first-order valence-corrected chi connectivity index (χ1v) is 7.65. The van der Waals surface area contributed by atoms with Gasteiger partial charge in [-0.1, -0.05) is 26.2 Å². The molecule has 0 saturated heterocycles. The number of nitrogens with zero attached hydrogens (tertiary/aromatic N) is 2. The Balaban J connectivity index is 1.88. The Morgan fingerprint density at radius 2 is 2.30 bits per heavy atom. The average Bonchev–Trinajstić information content (AvgIpc) is 2.95. The topological polar surface area (TPSA) is 67.2 Å². The highest BCUT2D eigenvalue weighted by Crippen LogP contribution is 2.21. The van der Waals surface area contributed by atoms with Crippen molar-refractivity contribution in [1.82, 2.24) is 14.9 Å². The number of carbonyl (C=O) groups is 1. The lowest BCUT2D eigenvalue weighted by atomic mass is 9.92. The molecule has 1 heterocycles. The van der Waals surface area contributed by atoms with Crippen molar-refractivity contribution >= 4 is 5.91 Å². The van der Waals surface area contributed by atoms with E-state index >= 15 is 0 Å². The first-order chi connectivity index (χ1) is 9.70. The van der Waals surface area contributed by atoms with Crippen LogP contribution in [0.5, 0.6) is 0 Å². The Kier molecular flexibility index (Phi) is 5.59. The lowest BCUT2D eigenvalue weighted by Crippen LogP contribution is -2.45. The molecule has 112 valence electrons. The lowest BCUT2D eigenvalue weighted by molar-refractivity contribution is -0.123. The standard InChI is InChI=1S/C15H25N3O2/c1-2-5-12(18-9-8-16-11-18)10-15(20)17-13-6-3-4-7-14(13)19/h8-9,11-14,19H,2-7,10H2,1H3,(H,17,20). The Labute approximate surface area is 120 Å². The van der Waals surface area contributed by atoms with Crippen LogP contribution in [-0.2, 0) is 4.79 Å². The van der Waals surface area contributed by atoms with Crippen molar-refractivity contribution in [2.45, 2.75) is 70.1 Å². The van der Waals surface area contributed by atoms with Gasteiger partial charge in [0.15, 0.2) is 0 Å². The second-order valence-electron chi connectivity index (χ2n) is 5.68. The highest BCUT2D eigenvalue weighted by Gasteiger charge is 2.25.